The van der Waals surface area contributed by atoms with E-state index in [-0.39, 0.29) is 31.6 Å². The molecule has 4 rings (SSSR count). The Morgan fingerprint density at radius 3 is 2.53 bits per heavy atom. The van der Waals surface area contributed by atoms with Crippen LogP contribution in [0, 0.1) is 0 Å². The lowest BCUT2D eigenvalue weighted by Gasteiger charge is -2.29. The number of nitrogens with zero attached hydrogens (tertiary/aromatic N) is 1. The maximum atomic E-state index is 12.5. The van der Waals surface area contributed by atoms with Crippen molar-refractivity contribution in [3.05, 3.63) is 77.8 Å². The standard InChI is InChI=1S/C24H21ClN2O5/c25-17-6-9-20(10-7-17)30-13-12-27-21-14-18(8-11-22(21)32-16-24(27)29)26-23(28)15-31-19-4-2-1-3-5-19/h1-11,14H,12-13,15-16H2,(H,26,28). The molecule has 0 atom stereocenters. The highest BCUT2D eigenvalue weighted by atomic mass is 35.5. The van der Waals surface area contributed by atoms with E-state index in [4.69, 9.17) is 25.8 Å². The predicted octanol–water partition coefficient (Wildman–Crippen LogP) is 4.16. The van der Waals surface area contributed by atoms with Crippen LogP contribution in [0.5, 0.6) is 17.2 Å². The zero-order valence-electron chi connectivity index (χ0n) is 17.1. The number of nitrogens with one attached hydrogen (secondary N) is 1. The number of anilines is 2. The molecule has 0 fully saturated rings. The van der Waals surface area contributed by atoms with Crippen molar-refractivity contribution < 1.29 is 23.8 Å². The summed E-state index contributed by atoms with van der Waals surface area (Å²) < 4.78 is 16.7. The van der Waals surface area contributed by atoms with E-state index in [0.29, 0.717) is 40.2 Å². The second kappa shape index (κ2) is 10.1. The fraction of sp³-hybridized carbons (Fsp3) is 0.167. The lowest BCUT2D eigenvalue weighted by atomic mass is 10.2. The molecule has 0 bridgehead atoms. The summed E-state index contributed by atoms with van der Waals surface area (Å²) in [7, 11) is 0. The van der Waals surface area contributed by atoms with Crippen LogP contribution in [0.1, 0.15) is 0 Å². The number of halogens is 1. The minimum Gasteiger partial charge on any atom is -0.492 e. The molecule has 2 amide bonds. The molecular weight excluding hydrogens is 432 g/mol. The average molecular weight is 453 g/mol. The van der Waals surface area contributed by atoms with Gasteiger partial charge in [0.15, 0.2) is 13.2 Å². The molecule has 0 unspecified atom stereocenters. The summed E-state index contributed by atoms with van der Waals surface area (Å²) in [6, 6.07) is 21.2. The van der Waals surface area contributed by atoms with Gasteiger partial charge in [0, 0.05) is 10.7 Å². The molecule has 0 aliphatic carbocycles. The van der Waals surface area contributed by atoms with Gasteiger partial charge in [-0.3, -0.25) is 9.59 Å². The first-order valence-electron chi connectivity index (χ1n) is 10.0. The third-order valence-corrected chi connectivity index (χ3v) is 4.95. The molecule has 164 valence electrons. The molecule has 3 aromatic rings. The highest BCUT2D eigenvalue weighted by Gasteiger charge is 2.26. The van der Waals surface area contributed by atoms with Crippen molar-refractivity contribution in [2.45, 2.75) is 0 Å². The van der Waals surface area contributed by atoms with Gasteiger partial charge in [-0.2, -0.15) is 0 Å². The van der Waals surface area contributed by atoms with Crippen molar-refractivity contribution in [3.8, 4) is 17.2 Å². The first-order valence-corrected chi connectivity index (χ1v) is 10.4. The number of hydrogen-bond donors (Lipinski definition) is 1. The van der Waals surface area contributed by atoms with Crippen LogP contribution >= 0.6 is 11.6 Å². The Labute approximate surface area is 190 Å². The SMILES string of the molecule is O=C(COc1ccccc1)Nc1ccc2c(c1)N(CCOc1ccc(Cl)cc1)C(=O)CO2. The molecule has 1 heterocycles. The smallest absolute Gasteiger partial charge is 0.265 e. The first kappa shape index (κ1) is 21.5. The van der Waals surface area contributed by atoms with Gasteiger partial charge in [-0.15, -0.1) is 0 Å². The predicted molar refractivity (Wildman–Crippen MR) is 122 cm³/mol. The Kier molecular flexibility index (Phi) is 6.77. The normalized spacial score (nSPS) is 12.5. The number of hydrogen-bond acceptors (Lipinski definition) is 5. The van der Waals surface area contributed by atoms with Crippen LogP contribution in [0.3, 0.4) is 0 Å². The topological polar surface area (TPSA) is 77.1 Å². The Morgan fingerprint density at radius 2 is 1.75 bits per heavy atom. The van der Waals surface area contributed by atoms with Gasteiger partial charge >= 0.3 is 0 Å². The molecule has 0 saturated carbocycles. The Morgan fingerprint density at radius 1 is 1.00 bits per heavy atom. The lowest BCUT2D eigenvalue weighted by Crippen LogP contribution is -2.41. The molecule has 1 aliphatic rings. The zero-order valence-corrected chi connectivity index (χ0v) is 17.9. The molecule has 1 aliphatic heterocycles. The molecule has 8 heteroatoms. The van der Waals surface area contributed by atoms with Crippen molar-refractivity contribution in [2.75, 3.05) is 36.6 Å². The summed E-state index contributed by atoms with van der Waals surface area (Å²) in [4.78, 5) is 26.3. The van der Waals surface area contributed by atoms with Crippen LogP contribution in [0.2, 0.25) is 5.02 Å². The number of fused-ring (bicyclic) bond motifs is 1. The van der Waals surface area contributed by atoms with Crippen LogP contribution in [0.15, 0.2) is 72.8 Å². The van der Waals surface area contributed by atoms with Crippen molar-refractivity contribution in [1.82, 2.24) is 0 Å². The van der Waals surface area contributed by atoms with Crippen molar-refractivity contribution in [2.24, 2.45) is 0 Å². The monoisotopic (exact) mass is 452 g/mol. The molecule has 7 nitrogen and oxygen atoms in total. The quantitative estimate of drug-likeness (QED) is 0.555. The minimum atomic E-state index is -0.311. The largest absolute Gasteiger partial charge is 0.492 e. The molecule has 1 N–H and O–H groups in total. The van der Waals surface area contributed by atoms with Gasteiger partial charge in [-0.05, 0) is 54.6 Å². The number of amides is 2. The van der Waals surface area contributed by atoms with E-state index < -0.39 is 0 Å². The Balaban J connectivity index is 1.38. The summed E-state index contributed by atoms with van der Waals surface area (Å²) in [5, 5.41) is 3.41. The molecular formula is C24H21ClN2O5. The summed E-state index contributed by atoms with van der Waals surface area (Å²) in [5.74, 6) is 1.34. The average Bonchev–Trinajstić information content (AvgIpc) is 2.81. The van der Waals surface area contributed by atoms with Crippen LogP contribution in [0.25, 0.3) is 0 Å². The van der Waals surface area contributed by atoms with Crippen molar-refractivity contribution >= 4 is 34.8 Å². The van der Waals surface area contributed by atoms with E-state index in [1.165, 1.54) is 0 Å². The molecule has 3 aromatic carbocycles. The van der Waals surface area contributed by atoms with Gasteiger partial charge in [0.1, 0.15) is 23.9 Å². The van der Waals surface area contributed by atoms with E-state index in [0.717, 1.165) is 0 Å². The molecule has 32 heavy (non-hydrogen) atoms. The van der Waals surface area contributed by atoms with E-state index in [9.17, 15) is 9.59 Å². The summed E-state index contributed by atoms with van der Waals surface area (Å²) >= 11 is 5.88. The van der Waals surface area contributed by atoms with Crippen LogP contribution in [0.4, 0.5) is 11.4 Å². The summed E-state index contributed by atoms with van der Waals surface area (Å²) in [5.41, 5.74) is 1.11. The van der Waals surface area contributed by atoms with Gasteiger partial charge in [-0.1, -0.05) is 29.8 Å². The van der Waals surface area contributed by atoms with Gasteiger partial charge in [-0.25, -0.2) is 0 Å². The lowest BCUT2D eigenvalue weighted by molar-refractivity contribution is -0.121. The number of carbonyl (C=O) groups is 2. The van der Waals surface area contributed by atoms with Crippen LogP contribution in [-0.2, 0) is 9.59 Å². The highest BCUT2D eigenvalue weighted by Crippen LogP contribution is 2.34. The van der Waals surface area contributed by atoms with E-state index in [1.54, 1.807) is 59.5 Å². The maximum Gasteiger partial charge on any atom is 0.265 e. The number of para-hydroxylation sites is 1. The summed E-state index contributed by atoms with van der Waals surface area (Å²) in [6.07, 6.45) is 0. The molecule has 0 aromatic heterocycles. The zero-order chi connectivity index (χ0) is 22.3. The van der Waals surface area contributed by atoms with E-state index >= 15 is 0 Å². The van der Waals surface area contributed by atoms with Gasteiger partial charge in [0.05, 0.1) is 12.2 Å². The third kappa shape index (κ3) is 5.50. The number of rotatable bonds is 8. The Hall–Kier alpha value is -3.71. The van der Waals surface area contributed by atoms with E-state index in [2.05, 4.69) is 5.32 Å². The maximum absolute atomic E-state index is 12.5. The van der Waals surface area contributed by atoms with Crippen LogP contribution < -0.4 is 24.4 Å². The van der Waals surface area contributed by atoms with Gasteiger partial charge in [0.2, 0.25) is 0 Å². The minimum absolute atomic E-state index is 0.0510. The van der Waals surface area contributed by atoms with Crippen molar-refractivity contribution in [3.63, 3.8) is 0 Å². The Bertz CT molecular complexity index is 1090. The van der Waals surface area contributed by atoms with Gasteiger partial charge in [0.25, 0.3) is 11.8 Å². The molecule has 0 spiro atoms. The first-order chi connectivity index (χ1) is 15.6. The number of ether oxygens (including phenoxy) is 3. The van der Waals surface area contributed by atoms with Gasteiger partial charge < -0.3 is 24.4 Å². The second-order valence-corrected chi connectivity index (χ2v) is 7.41. The molecule has 0 saturated heterocycles. The number of carbonyl (C=O) groups excluding carboxylic acids is 2. The van der Waals surface area contributed by atoms with Crippen molar-refractivity contribution in [1.29, 1.82) is 0 Å². The fourth-order valence-corrected chi connectivity index (χ4v) is 3.30. The number of benzene rings is 3. The van der Waals surface area contributed by atoms with E-state index in [1.807, 2.05) is 18.2 Å². The third-order valence-electron chi connectivity index (χ3n) is 4.70. The fourth-order valence-electron chi connectivity index (χ4n) is 3.17. The highest BCUT2D eigenvalue weighted by molar-refractivity contribution is 6.30. The van der Waals surface area contributed by atoms with Crippen LogP contribution in [-0.4, -0.2) is 38.2 Å². The molecule has 0 radical (unpaired) electrons. The summed E-state index contributed by atoms with van der Waals surface area (Å²) in [6.45, 7) is 0.431. The second-order valence-electron chi connectivity index (χ2n) is 6.97.